The van der Waals surface area contributed by atoms with Gasteiger partial charge in [-0.15, -0.1) is 5.10 Å². The normalized spacial score (nSPS) is 16.7. The number of rotatable bonds is 5. The number of nitrogens with zero attached hydrogens (tertiary/aromatic N) is 4. The summed E-state index contributed by atoms with van der Waals surface area (Å²) in [6.07, 6.45) is 4.73. The highest BCUT2D eigenvalue weighted by atomic mass is 15.4. The minimum atomic E-state index is 0.426. The van der Waals surface area contributed by atoms with E-state index in [1.54, 1.807) is 0 Å². The molecule has 0 saturated heterocycles. The quantitative estimate of drug-likeness (QED) is 0.808. The second-order valence-corrected chi connectivity index (χ2v) is 5.47. The summed E-state index contributed by atoms with van der Waals surface area (Å²) in [5.74, 6) is 1.28. The summed E-state index contributed by atoms with van der Waals surface area (Å²) in [7, 11) is 4.21. The molecule has 1 aromatic heterocycles. The van der Waals surface area contributed by atoms with Gasteiger partial charge in [0, 0.05) is 18.7 Å². The summed E-state index contributed by atoms with van der Waals surface area (Å²) < 4.78 is 2.05. The van der Waals surface area contributed by atoms with Crippen LogP contribution in [0.2, 0.25) is 0 Å². The molecule has 0 aliphatic heterocycles. The molecule has 1 fully saturated rings. The molecule has 0 amide bonds. The molecule has 1 aromatic rings. The third kappa shape index (κ3) is 4.09. The van der Waals surface area contributed by atoms with E-state index in [1.807, 2.05) is 13.8 Å². The van der Waals surface area contributed by atoms with Gasteiger partial charge in [-0.2, -0.15) is 0 Å². The van der Waals surface area contributed by atoms with Gasteiger partial charge in [-0.1, -0.05) is 32.9 Å². The van der Waals surface area contributed by atoms with E-state index in [2.05, 4.69) is 54.0 Å². The summed E-state index contributed by atoms with van der Waals surface area (Å²) in [6.45, 7) is 9.50. The molecule has 0 aromatic carbocycles. The van der Waals surface area contributed by atoms with E-state index in [0.717, 1.165) is 6.54 Å². The van der Waals surface area contributed by atoms with E-state index in [1.165, 1.54) is 18.5 Å². The maximum absolute atomic E-state index is 4.29. The van der Waals surface area contributed by atoms with Gasteiger partial charge in [-0.05, 0) is 32.9 Å². The van der Waals surface area contributed by atoms with Gasteiger partial charge < -0.3 is 4.90 Å². The van der Waals surface area contributed by atoms with Gasteiger partial charge in [0.25, 0.3) is 0 Å². The van der Waals surface area contributed by atoms with E-state index in [9.17, 15) is 0 Å². The van der Waals surface area contributed by atoms with E-state index in [0.29, 0.717) is 17.9 Å². The first-order valence-electron chi connectivity index (χ1n) is 7.14. The van der Waals surface area contributed by atoms with Crippen LogP contribution >= 0.6 is 0 Å². The van der Waals surface area contributed by atoms with Crippen molar-refractivity contribution in [3.63, 3.8) is 0 Å². The Hall–Kier alpha value is -0.900. The standard InChI is InChI=1S/C12H22N4.C2H6/c1-9(2)12(8-15(3)4)16-7-11(13-14-16)10-5-6-10;1-2/h7,9-10,12H,5-6,8H2,1-4H3;1-2H3. The lowest BCUT2D eigenvalue weighted by Crippen LogP contribution is -2.28. The van der Waals surface area contributed by atoms with Crippen molar-refractivity contribution in [1.29, 1.82) is 0 Å². The van der Waals surface area contributed by atoms with Crippen LogP contribution in [0.15, 0.2) is 6.20 Å². The predicted octanol–water partition coefficient (Wildman–Crippen LogP) is 2.94. The number of hydrogen-bond donors (Lipinski definition) is 0. The van der Waals surface area contributed by atoms with Gasteiger partial charge in [-0.3, -0.25) is 0 Å². The molecule has 0 N–H and O–H groups in total. The first-order valence-corrected chi connectivity index (χ1v) is 7.14. The van der Waals surface area contributed by atoms with Crippen molar-refractivity contribution in [2.75, 3.05) is 20.6 Å². The fourth-order valence-corrected chi connectivity index (χ4v) is 1.99. The Kier molecular flexibility index (Phi) is 5.79. The Bertz CT molecular complexity index is 339. The molecule has 1 saturated carbocycles. The van der Waals surface area contributed by atoms with E-state index in [-0.39, 0.29) is 0 Å². The van der Waals surface area contributed by atoms with Gasteiger partial charge in [0.2, 0.25) is 0 Å². The average Bonchev–Trinajstić information content (AvgIpc) is 3.07. The summed E-state index contributed by atoms with van der Waals surface area (Å²) in [5, 5.41) is 8.58. The Balaban J connectivity index is 0.000000771. The van der Waals surface area contributed by atoms with Crippen LogP contribution in [0.4, 0.5) is 0 Å². The third-order valence-corrected chi connectivity index (χ3v) is 3.19. The largest absolute Gasteiger partial charge is 0.307 e. The molecule has 0 spiro atoms. The number of aromatic nitrogens is 3. The molecule has 4 heteroatoms. The van der Waals surface area contributed by atoms with Crippen LogP contribution in [0.3, 0.4) is 0 Å². The molecule has 1 atom stereocenters. The van der Waals surface area contributed by atoms with Crippen LogP contribution in [0.1, 0.15) is 58.2 Å². The fraction of sp³-hybridized carbons (Fsp3) is 0.857. The van der Waals surface area contributed by atoms with Crippen molar-refractivity contribution in [3.05, 3.63) is 11.9 Å². The van der Waals surface area contributed by atoms with E-state index >= 15 is 0 Å². The first-order chi connectivity index (χ1) is 8.58. The molecule has 104 valence electrons. The third-order valence-electron chi connectivity index (χ3n) is 3.19. The zero-order chi connectivity index (χ0) is 13.7. The second-order valence-electron chi connectivity index (χ2n) is 5.47. The smallest absolute Gasteiger partial charge is 0.0858 e. The van der Waals surface area contributed by atoms with Gasteiger partial charge in [0.05, 0.1) is 11.7 Å². The van der Waals surface area contributed by atoms with Gasteiger partial charge in [0.15, 0.2) is 0 Å². The lowest BCUT2D eigenvalue weighted by molar-refractivity contribution is 0.250. The topological polar surface area (TPSA) is 34.0 Å². The monoisotopic (exact) mass is 252 g/mol. The molecular formula is C14H28N4. The highest BCUT2D eigenvalue weighted by molar-refractivity contribution is 5.09. The van der Waals surface area contributed by atoms with Gasteiger partial charge in [-0.25, -0.2) is 4.68 Å². The van der Waals surface area contributed by atoms with Crippen molar-refractivity contribution >= 4 is 0 Å². The molecule has 2 rings (SSSR count). The highest BCUT2D eigenvalue weighted by Crippen LogP contribution is 2.38. The molecule has 4 nitrogen and oxygen atoms in total. The molecule has 0 radical (unpaired) electrons. The minimum absolute atomic E-state index is 0.426. The average molecular weight is 252 g/mol. The fourth-order valence-electron chi connectivity index (χ4n) is 1.99. The molecule has 1 heterocycles. The molecule has 1 aliphatic carbocycles. The van der Waals surface area contributed by atoms with Crippen LogP contribution in [-0.4, -0.2) is 40.5 Å². The maximum atomic E-state index is 4.29. The summed E-state index contributed by atoms with van der Waals surface area (Å²) >= 11 is 0. The number of hydrogen-bond acceptors (Lipinski definition) is 3. The predicted molar refractivity (Wildman–Crippen MR) is 75.8 cm³/mol. The molecular weight excluding hydrogens is 224 g/mol. The van der Waals surface area contributed by atoms with Crippen molar-refractivity contribution < 1.29 is 0 Å². The van der Waals surface area contributed by atoms with Crippen LogP contribution < -0.4 is 0 Å². The van der Waals surface area contributed by atoms with E-state index < -0.39 is 0 Å². The van der Waals surface area contributed by atoms with Crippen molar-refractivity contribution in [3.8, 4) is 0 Å². The Morgan fingerprint density at radius 3 is 2.39 bits per heavy atom. The summed E-state index contributed by atoms with van der Waals surface area (Å²) in [4.78, 5) is 2.21. The second kappa shape index (κ2) is 6.88. The molecule has 1 aliphatic rings. The van der Waals surface area contributed by atoms with Crippen molar-refractivity contribution in [2.45, 2.75) is 52.5 Å². The summed E-state index contributed by atoms with van der Waals surface area (Å²) in [5.41, 5.74) is 1.18. The van der Waals surface area contributed by atoms with Crippen molar-refractivity contribution in [1.82, 2.24) is 19.9 Å². The minimum Gasteiger partial charge on any atom is -0.307 e. The zero-order valence-electron chi connectivity index (χ0n) is 12.7. The highest BCUT2D eigenvalue weighted by Gasteiger charge is 2.28. The van der Waals surface area contributed by atoms with E-state index in [4.69, 9.17) is 0 Å². The Morgan fingerprint density at radius 1 is 1.33 bits per heavy atom. The maximum Gasteiger partial charge on any atom is 0.0858 e. The SMILES string of the molecule is CC.CC(C)C(CN(C)C)n1cc(C2CC2)nn1. The lowest BCUT2D eigenvalue weighted by Gasteiger charge is -2.24. The summed E-state index contributed by atoms with van der Waals surface area (Å²) in [6, 6.07) is 0.426. The van der Waals surface area contributed by atoms with Crippen LogP contribution in [-0.2, 0) is 0 Å². The van der Waals surface area contributed by atoms with Crippen LogP contribution in [0.25, 0.3) is 0 Å². The molecule has 1 unspecified atom stereocenters. The Labute approximate surface area is 111 Å². The molecule has 18 heavy (non-hydrogen) atoms. The zero-order valence-corrected chi connectivity index (χ0v) is 12.7. The van der Waals surface area contributed by atoms with Crippen LogP contribution in [0, 0.1) is 5.92 Å². The Morgan fingerprint density at radius 2 is 1.94 bits per heavy atom. The van der Waals surface area contributed by atoms with Crippen LogP contribution in [0.5, 0.6) is 0 Å². The first kappa shape index (κ1) is 15.2. The van der Waals surface area contributed by atoms with Gasteiger partial charge in [0.1, 0.15) is 0 Å². The van der Waals surface area contributed by atoms with Crippen molar-refractivity contribution in [2.24, 2.45) is 5.92 Å². The molecule has 0 bridgehead atoms. The number of likely N-dealkylation sites (N-methyl/N-ethyl adjacent to an activating group) is 1. The van der Waals surface area contributed by atoms with Gasteiger partial charge >= 0.3 is 0 Å². The lowest BCUT2D eigenvalue weighted by atomic mass is 10.0.